The van der Waals surface area contributed by atoms with Gasteiger partial charge in [0, 0.05) is 17.7 Å². The third kappa shape index (κ3) is 7.90. The first-order valence-electron chi connectivity index (χ1n) is 8.15. The van der Waals surface area contributed by atoms with E-state index >= 15 is 0 Å². The molecule has 5 heteroatoms. The van der Waals surface area contributed by atoms with E-state index in [2.05, 4.69) is 5.32 Å². The monoisotopic (exact) mass is 333 g/mol. The van der Waals surface area contributed by atoms with Crippen molar-refractivity contribution in [2.75, 3.05) is 11.9 Å². The van der Waals surface area contributed by atoms with Gasteiger partial charge in [0.25, 0.3) is 0 Å². The molecule has 0 fully saturated rings. The van der Waals surface area contributed by atoms with Crippen LogP contribution in [0.15, 0.2) is 24.3 Å². The molecule has 1 N–H and O–H groups in total. The van der Waals surface area contributed by atoms with Gasteiger partial charge in [0.05, 0.1) is 6.42 Å². The summed E-state index contributed by atoms with van der Waals surface area (Å²) in [5.41, 5.74) is 0.915. The molecule has 24 heavy (non-hydrogen) atoms. The van der Waals surface area contributed by atoms with E-state index in [1.165, 1.54) is 0 Å². The van der Waals surface area contributed by atoms with Crippen LogP contribution in [0.4, 0.5) is 5.69 Å². The summed E-state index contributed by atoms with van der Waals surface area (Å²) in [6.45, 7) is 9.48. The Hall–Kier alpha value is -2.17. The number of Topliss-reactive ketones (excluding diaryl/α,β-unsaturated/α-hetero) is 1. The number of anilines is 1. The summed E-state index contributed by atoms with van der Waals surface area (Å²) in [5.74, 6) is -0.417. The second-order valence-corrected chi connectivity index (χ2v) is 7.54. The molecule has 0 spiro atoms. The van der Waals surface area contributed by atoms with Gasteiger partial charge in [-0.15, -0.1) is 0 Å². The van der Waals surface area contributed by atoms with E-state index in [9.17, 15) is 14.4 Å². The summed E-state index contributed by atoms with van der Waals surface area (Å²) in [5, 5.41) is 2.78. The van der Waals surface area contributed by atoms with Crippen molar-refractivity contribution in [3.05, 3.63) is 29.8 Å². The number of amides is 1. The Bertz CT molecular complexity index is 582. The van der Waals surface area contributed by atoms with Crippen LogP contribution in [0.1, 0.15) is 57.8 Å². The van der Waals surface area contributed by atoms with Gasteiger partial charge in [-0.3, -0.25) is 14.4 Å². The molecule has 132 valence electrons. The van der Waals surface area contributed by atoms with E-state index in [0.29, 0.717) is 17.7 Å². The Labute approximate surface area is 143 Å². The van der Waals surface area contributed by atoms with Gasteiger partial charge in [0.2, 0.25) is 5.91 Å². The van der Waals surface area contributed by atoms with Crippen LogP contribution in [0, 0.1) is 11.3 Å². The summed E-state index contributed by atoms with van der Waals surface area (Å²) in [6, 6.07) is 6.57. The molecule has 0 aliphatic heterocycles. The van der Waals surface area contributed by atoms with Crippen molar-refractivity contribution in [3.8, 4) is 0 Å². The van der Waals surface area contributed by atoms with Crippen LogP contribution in [0.2, 0.25) is 0 Å². The number of benzene rings is 1. The smallest absolute Gasteiger partial charge is 0.306 e. The SMILES string of the molecule is CC(C)CC(=O)Nc1ccc(C(=O)COC(=O)CC(C)(C)C)cc1. The van der Waals surface area contributed by atoms with Crippen molar-refractivity contribution >= 4 is 23.3 Å². The van der Waals surface area contributed by atoms with Gasteiger partial charge in [-0.1, -0.05) is 34.6 Å². The van der Waals surface area contributed by atoms with E-state index in [0.717, 1.165) is 0 Å². The molecule has 1 aromatic rings. The van der Waals surface area contributed by atoms with Gasteiger partial charge in [-0.2, -0.15) is 0 Å². The molecule has 0 unspecified atom stereocenters. The summed E-state index contributed by atoms with van der Waals surface area (Å²) in [4.78, 5) is 35.4. The molecule has 1 aromatic carbocycles. The van der Waals surface area contributed by atoms with Gasteiger partial charge in [0.15, 0.2) is 12.4 Å². The molecule has 1 rings (SSSR count). The summed E-state index contributed by atoms with van der Waals surface area (Å²) in [7, 11) is 0. The van der Waals surface area contributed by atoms with Crippen molar-refractivity contribution in [1.29, 1.82) is 0 Å². The highest BCUT2D eigenvalue weighted by Gasteiger charge is 2.18. The van der Waals surface area contributed by atoms with Gasteiger partial charge in [0.1, 0.15) is 0 Å². The zero-order valence-electron chi connectivity index (χ0n) is 15.1. The molecular formula is C19H27NO4. The van der Waals surface area contributed by atoms with Gasteiger partial charge >= 0.3 is 5.97 Å². The van der Waals surface area contributed by atoms with Crippen LogP contribution >= 0.6 is 0 Å². The topological polar surface area (TPSA) is 72.5 Å². The largest absolute Gasteiger partial charge is 0.457 e. The van der Waals surface area contributed by atoms with Crippen molar-refractivity contribution in [2.24, 2.45) is 11.3 Å². The number of esters is 1. The quantitative estimate of drug-likeness (QED) is 0.608. The lowest BCUT2D eigenvalue weighted by Gasteiger charge is -2.16. The Morgan fingerprint density at radius 2 is 1.67 bits per heavy atom. The number of ether oxygens (including phenoxy) is 1. The zero-order chi connectivity index (χ0) is 18.3. The van der Waals surface area contributed by atoms with E-state index in [4.69, 9.17) is 4.74 Å². The van der Waals surface area contributed by atoms with Gasteiger partial charge in [-0.25, -0.2) is 0 Å². The fourth-order valence-corrected chi connectivity index (χ4v) is 2.04. The minimum Gasteiger partial charge on any atom is -0.457 e. The Balaban J connectivity index is 2.52. The predicted octanol–water partition coefficient (Wildman–Crippen LogP) is 3.83. The zero-order valence-corrected chi connectivity index (χ0v) is 15.1. The number of hydrogen-bond acceptors (Lipinski definition) is 4. The first kappa shape index (κ1) is 19.9. The molecule has 0 aromatic heterocycles. The maximum absolute atomic E-state index is 12.0. The molecule has 0 bridgehead atoms. The summed E-state index contributed by atoms with van der Waals surface area (Å²) < 4.78 is 5.01. The average molecular weight is 333 g/mol. The molecular weight excluding hydrogens is 306 g/mol. The number of nitrogens with one attached hydrogen (secondary N) is 1. The first-order valence-corrected chi connectivity index (χ1v) is 8.15. The molecule has 0 saturated heterocycles. The predicted molar refractivity (Wildman–Crippen MR) is 93.9 cm³/mol. The van der Waals surface area contributed by atoms with E-state index in [1.807, 2.05) is 34.6 Å². The lowest BCUT2D eigenvalue weighted by Crippen LogP contribution is -2.19. The fourth-order valence-electron chi connectivity index (χ4n) is 2.04. The molecule has 0 saturated carbocycles. The molecule has 0 radical (unpaired) electrons. The van der Waals surface area contributed by atoms with E-state index < -0.39 is 0 Å². The normalized spacial score (nSPS) is 11.2. The number of carbonyl (C=O) groups excluding carboxylic acids is 3. The van der Waals surface area contributed by atoms with Crippen LogP contribution in [0.5, 0.6) is 0 Å². The van der Waals surface area contributed by atoms with E-state index in [-0.39, 0.29) is 42.0 Å². The molecule has 0 aliphatic carbocycles. The lowest BCUT2D eigenvalue weighted by molar-refractivity contribution is -0.144. The van der Waals surface area contributed by atoms with Crippen LogP contribution in [-0.4, -0.2) is 24.3 Å². The summed E-state index contributed by atoms with van der Waals surface area (Å²) >= 11 is 0. The van der Waals surface area contributed by atoms with Crippen LogP contribution in [-0.2, 0) is 14.3 Å². The second kappa shape index (κ2) is 8.62. The van der Waals surface area contributed by atoms with Crippen LogP contribution in [0.3, 0.4) is 0 Å². The Morgan fingerprint density at radius 3 is 2.17 bits per heavy atom. The maximum Gasteiger partial charge on any atom is 0.306 e. The molecule has 1 amide bonds. The third-order valence-corrected chi connectivity index (χ3v) is 3.12. The Morgan fingerprint density at radius 1 is 1.08 bits per heavy atom. The van der Waals surface area contributed by atoms with Crippen molar-refractivity contribution in [2.45, 2.75) is 47.5 Å². The summed E-state index contributed by atoms with van der Waals surface area (Å²) in [6.07, 6.45) is 0.714. The average Bonchev–Trinajstić information content (AvgIpc) is 2.42. The Kier molecular flexibility index (Phi) is 7.14. The molecule has 5 nitrogen and oxygen atoms in total. The van der Waals surface area contributed by atoms with Gasteiger partial charge < -0.3 is 10.1 Å². The van der Waals surface area contributed by atoms with Crippen molar-refractivity contribution < 1.29 is 19.1 Å². The number of carbonyl (C=O) groups is 3. The maximum atomic E-state index is 12.0. The second-order valence-electron chi connectivity index (χ2n) is 7.54. The van der Waals surface area contributed by atoms with Crippen molar-refractivity contribution in [1.82, 2.24) is 0 Å². The standard InChI is InChI=1S/C19H27NO4/c1-13(2)10-17(22)20-15-8-6-14(7-9-15)16(21)12-24-18(23)11-19(3,4)5/h6-9,13H,10-12H2,1-5H3,(H,20,22). The minimum absolute atomic E-state index is 0.0554. The van der Waals surface area contributed by atoms with Crippen LogP contribution < -0.4 is 5.32 Å². The highest BCUT2D eigenvalue weighted by molar-refractivity contribution is 5.98. The van der Waals surface area contributed by atoms with Gasteiger partial charge in [-0.05, 0) is 35.6 Å². The fraction of sp³-hybridized carbons (Fsp3) is 0.526. The highest BCUT2D eigenvalue weighted by atomic mass is 16.5. The number of rotatable bonds is 7. The lowest BCUT2D eigenvalue weighted by atomic mass is 9.92. The third-order valence-electron chi connectivity index (χ3n) is 3.12. The highest BCUT2D eigenvalue weighted by Crippen LogP contribution is 2.19. The molecule has 0 heterocycles. The first-order chi connectivity index (χ1) is 11.1. The van der Waals surface area contributed by atoms with E-state index in [1.54, 1.807) is 24.3 Å². The minimum atomic E-state index is -0.381. The number of hydrogen-bond donors (Lipinski definition) is 1. The van der Waals surface area contributed by atoms with Crippen LogP contribution in [0.25, 0.3) is 0 Å². The molecule has 0 aliphatic rings. The van der Waals surface area contributed by atoms with Crippen molar-refractivity contribution in [3.63, 3.8) is 0 Å². The molecule has 0 atom stereocenters. The number of ketones is 1.